The molecule has 0 aliphatic carbocycles. The van der Waals surface area contributed by atoms with E-state index in [-0.39, 0.29) is 29.8 Å². The van der Waals surface area contributed by atoms with Crippen molar-refractivity contribution in [1.82, 2.24) is 15.0 Å². The van der Waals surface area contributed by atoms with Crippen molar-refractivity contribution in [2.24, 2.45) is 5.73 Å². The van der Waals surface area contributed by atoms with Gasteiger partial charge in [0, 0.05) is 36.0 Å². The van der Waals surface area contributed by atoms with Crippen LogP contribution in [-0.4, -0.2) is 52.5 Å². The third kappa shape index (κ3) is 5.90. The van der Waals surface area contributed by atoms with Gasteiger partial charge in [-0.3, -0.25) is 0 Å². The van der Waals surface area contributed by atoms with Crippen molar-refractivity contribution < 1.29 is 22.7 Å². The lowest BCUT2D eigenvalue weighted by molar-refractivity contribution is 0.0235. The summed E-state index contributed by atoms with van der Waals surface area (Å²) in [5.74, 6) is 1.13. The summed E-state index contributed by atoms with van der Waals surface area (Å²) in [6, 6.07) is 5.33. The fourth-order valence-electron chi connectivity index (χ4n) is 4.81. The molecule has 3 aromatic heterocycles. The van der Waals surface area contributed by atoms with E-state index in [9.17, 15) is 13.2 Å². The van der Waals surface area contributed by atoms with E-state index in [2.05, 4.69) is 15.3 Å². The Labute approximate surface area is 236 Å². The van der Waals surface area contributed by atoms with E-state index in [1.165, 1.54) is 0 Å². The van der Waals surface area contributed by atoms with E-state index in [0.717, 1.165) is 10.9 Å². The topological polar surface area (TPSA) is 146 Å². The summed E-state index contributed by atoms with van der Waals surface area (Å²) in [5.41, 5.74) is 7.99. The molecule has 1 aliphatic heterocycles. The van der Waals surface area contributed by atoms with E-state index >= 15 is 0 Å². The molecule has 0 spiro atoms. The Kier molecular flexibility index (Phi) is 8.37. The highest BCUT2D eigenvalue weighted by atomic mass is 32.2. The lowest BCUT2D eigenvalue weighted by Gasteiger charge is -2.27. The van der Waals surface area contributed by atoms with Gasteiger partial charge >= 0.3 is 5.97 Å². The number of nitrogens with zero attached hydrogens (tertiary/aromatic N) is 3. The number of rotatable bonds is 10. The largest absolute Gasteiger partial charge is 0.474 e. The second-order valence-electron chi connectivity index (χ2n) is 10.9. The molecule has 1 aliphatic rings. The van der Waals surface area contributed by atoms with Gasteiger partial charge in [0.2, 0.25) is 5.88 Å². The van der Waals surface area contributed by atoms with Gasteiger partial charge in [-0.05, 0) is 63.3 Å². The van der Waals surface area contributed by atoms with E-state index in [0.29, 0.717) is 47.0 Å². The zero-order valence-electron chi connectivity index (χ0n) is 24.2. The zero-order chi connectivity index (χ0) is 29.4. The van der Waals surface area contributed by atoms with Gasteiger partial charge in [0.15, 0.2) is 9.84 Å². The van der Waals surface area contributed by atoms with Gasteiger partial charge in [-0.2, -0.15) is 0 Å². The Morgan fingerprint density at radius 3 is 2.52 bits per heavy atom. The lowest BCUT2D eigenvalue weighted by atomic mass is 9.88. The lowest BCUT2D eigenvalue weighted by Crippen LogP contribution is -2.32. The fourth-order valence-corrected chi connectivity index (χ4v) is 5.94. The SMILES string of the molecule is CC[C@@](C)(N)c1cnc(O[C@H](C)C[C@@H](C)S(=O)(=O)CC)c2cnc(Nc3ccc4c(n3)[C@@H](C)[C@H](C)OC4=O)cc12. The maximum atomic E-state index is 12.3. The number of anilines is 2. The van der Waals surface area contributed by atoms with E-state index in [1.54, 1.807) is 38.4 Å². The van der Waals surface area contributed by atoms with Crippen molar-refractivity contribution in [2.45, 2.75) is 90.2 Å². The molecule has 0 bridgehead atoms. The first-order chi connectivity index (χ1) is 18.8. The van der Waals surface area contributed by atoms with E-state index in [4.69, 9.17) is 20.2 Å². The molecule has 4 heterocycles. The molecule has 40 heavy (non-hydrogen) atoms. The molecule has 0 saturated heterocycles. The molecule has 0 radical (unpaired) electrons. The molecule has 4 rings (SSSR count). The Balaban J connectivity index is 1.69. The second kappa shape index (κ2) is 11.3. The summed E-state index contributed by atoms with van der Waals surface area (Å²) < 4.78 is 36.1. The van der Waals surface area contributed by atoms with Gasteiger partial charge in [0.1, 0.15) is 17.7 Å². The first-order valence-electron chi connectivity index (χ1n) is 13.7. The van der Waals surface area contributed by atoms with Gasteiger partial charge < -0.3 is 20.5 Å². The molecule has 216 valence electrons. The summed E-state index contributed by atoms with van der Waals surface area (Å²) in [6.07, 6.45) is 3.76. The van der Waals surface area contributed by atoms with Crippen molar-refractivity contribution >= 4 is 38.2 Å². The number of cyclic esters (lactones) is 1. The fraction of sp³-hybridized carbons (Fsp3) is 0.517. The molecule has 0 saturated carbocycles. The average molecular weight is 570 g/mol. The number of esters is 1. The van der Waals surface area contributed by atoms with Crippen LogP contribution in [0.1, 0.15) is 88.8 Å². The van der Waals surface area contributed by atoms with Gasteiger partial charge in [-0.25, -0.2) is 28.2 Å². The Morgan fingerprint density at radius 1 is 1.12 bits per heavy atom. The molecule has 10 nitrogen and oxygen atoms in total. The smallest absolute Gasteiger partial charge is 0.340 e. The standard InChI is InChI=1S/C29H39N5O5S/c1-8-29(7,30)23-15-32-27(38-16(3)12-17(4)40(36,37)9-2)22-14-31-25(13-21(22)23)33-24-11-10-20-26(34-24)18(5)19(6)39-28(20)35/h10-11,13-19H,8-9,12,30H2,1-7H3,(H,31,33,34)/t16-,17-,18+,19+,29-/m1/s1. The highest BCUT2D eigenvalue weighted by Gasteiger charge is 2.32. The minimum Gasteiger partial charge on any atom is -0.474 e. The summed E-state index contributed by atoms with van der Waals surface area (Å²) in [5, 5.41) is 4.22. The van der Waals surface area contributed by atoms with Crippen molar-refractivity contribution in [3.63, 3.8) is 0 Å². The average Bonchev–Trinajstić information content (AvgIpc) is 2.91. The van der Waals surface area contributed by atoms with Crippen molar-refractivity contribution in [2.75, 3.05) is 11.1 Å². The predicted octanol–water partition coefficient (Wildman–Crippen LogP) is 5.00. The van der Waals surface area contributed by atoms with Gasteiger partial charge in [0.05, 0.1) is 28.0 Å². The van der Waals surface area contributed by atoms with Crippen LogP contribution in [0.2, 0.25) is 0 Å². The predicted molar refractivity (Wildman–Crippen MR) is 156 cm³/mol. The van der Waals surface area contributed by atoms with E-state index in [1.807, 2.05) is 40.7 Å². The Hall–Kier alpha value is -3.31. The maximum absolute atomic E-state index is 12.3. The Morgan fingerprint density at radius 2 is 1.85 bits per heavy atom. The third-order valence-corrected chi connectivity index (χ3v) is 10.1. The minimum atomic E-state index is -3.18. The molecular weight excluding hydrogens is 530 g/mol. The van der Waals surface area contributed by atoms with Crippen LogP contribution in [0.3, 0.4) is 0 Å². The molecule has 0 amide bonds. The van der Waals surface area contributed by atoms with Crippen LogP contribution in [0, 0.1) is 0 Å². The highest BCUT2D eigenvalue weighted by Crippen LogP contribution is 2.35. The van der Waals surface area contributed by atoms with Crippen LogP contribution >= 0.6 is 0 Å². The number of carbonyl (C=O) groups excluding carboxylic acids is 1. The van der Waals surface area contributed by atoms with Crippen LogP contribution < -0.4 is 15.8 Å². The van der Waals surface area contributed by atoms with Gasteiger partial charge in [0.25, 0.3) is 0 Å². The molecule has 0 unspecified atom stereocenters. The number of pyridine rings is 3. The van der Waals surface area contributed by atoms with Crippen LogP contribution in [0.15, 0.2) is 30.6 Å². The number of ether oxygens (including phenoxy) is 2. The number of nitrogens with two attached hydrogens (primary N) is 1. The molecule has 0 fully saturated rings. The number of carbonyl (C=O) groups is 1. The molecule has 11 heteroatoms. The van der Waals surface area contributed by atoms with Crippen LogP contribution in [-0.2, 0) is 20.1 Å². The quantitative estimate of drug-likeness (QED) is 0.320. The van der Waals surface area contributed by atoms with E-state index < -0.39 is 20.6 Å². The van der Waals surface area contributed by atoms with Crippen molar-refractivity contribution in [3.8, 4) is 5.88 Å². The normalized spacial score (nSPS) is 20.2. The van der Waals surface area contributed by atoms with Gasteiger partial charge in [-0.1, -0.05) is 20.8 Å². The molecule has 5 atom stereocenters. The summed E-state index contributed by atoms with van der Waals surface area (Å²) in [7, 11) is -3.18. The zero-order valence-corrected chi connectivity index (χ0v) is 25.0. The number of fused-ring (bicyclic) bond motifs is 2. The number of sulfone groups is 1. The minimum absolute atomic E-state index is 0.0454. The third-order valence-electron chi connectivity index (χ3n) is 7.91. The monoisotopic (exact) mass is 569 g/mol. The number of hydrogen-bond acceptors (Lipinski definition) is 10. The van der Waals surface area contributed by atoms with Gasteiger partial charge in [-0.15, -0.1) is 0 Å². The molecule has 0 aromatic carbocycles. The first-order valence-corrected chi connectivity index (χ1v) is 15.4. The van der Waals surface area contributed by atoms with Crippen molar-refractivity contribution in [1.29, 1.82) is 0 Å². The highest BCUT2D eigenvalue weighted by molar-refractivity contribution is 7.91. The number of hydrogen-bond donors (Lipinski definition) is 2. The molecule has 3 N–H and O–H groups in total. The first kappa shape index (κ1) is 29.7. The van der Waals surface area contributed by atoms with Crippen LogP contribution in [0.25, 0.3) is 10.8 Å². The maximum Gasteiger partial charge on any atom is 0.340 e. The molecule has 3 aromatic rings. The summed E-state index contributed by atoms with van der Waals surface area (Å²) in [6.45, 7) is 13.0. The molecular formula is C29H39N5O5S. The second-order valence-corrected chi connectivity index (χ2v) is 13.7. The summed E-state index contributed by atoms with van der Waals surface area (Å²) in [4.78, 5) is 26.2. The number of nitrogens with one attached hydrogen (secondary N) is 1. The Bertz CT molecular complexity index is 1520. The van der Waals surface area contributed by atoms with Crippen LogP contribution in [0.5, 0.6) is 5.88 Å². The number of aromatic nitrogens is 3. The summed E-state index contributed by atoms with van der Waals surface area (Å²) >= 11 is 0. The van der Waals surface area contributed by atoms with Crippen molar-refractivity contribution in [3.05, 3.63) is 47.4 Å². The van der Waals surface area contributed by atoms with Crippen LogP contribution in [0.4, 0.5) is 11.6 Å².